The largest absolute Gasteiger partial charge is 0.478 e. The van der Waals surface area contributed by atoms with Crippen LogP contribution < -0.4 is 0 Å². The lowest BCUT2D eigenvalue weighted by molar-refractivity contribution is -0.132. The number of carbonyl (C=O) groups is 1. The monoisotopic (exact) mass is 234 g/mol. The van der Waals surface area contributed by atoms with E-state index in [1.165, 1.54) is 32.1 Å². The standard InChI is InChI=1S/C15H22O2/c1-9(14(16)17)7-15(2)8-10-6-13(15)12-5-3-4-11(10)12/h7,10-13H,3-6,8H2,1-2H3,(H,16,17). The molecule has 3 aliphatic rings. The second-order valence-electron chi connectivity index (χ2n) is 6.70. The molecular weight excluding hydrogens is 212 g/mol. The van der Waals surface area contributed by atoms with Crippen LogP contribution in [0.2, 0.25) is 0 Å². The molecule has 0 aromatic rings. The summed E-state index contributed by atoms with van der Waals surface area (Å²) >= 11 is 0. The van der Waals surface area contributed by atoms with Crippen LogP contribution in [0.1, 0.15) is 46.0 Å². The molecule has 2 bridgehead atoms. The molecular formula is C15H22O2. The minimum atomic E-state index is -0.753. The Bertz CT molecular complexity index is 384. The Labute approximate surface area is 103 Å². The van der Waals surface area contributed by atoms with Crippen molar-refractivity contribution >= 4 is 5.97 Å². The van der Waals surface area contributed by atoms with Crippen LogP contribution in [-0.2, 0) is 4.79 Å². The van der Waals surface area contributed by atoms with Crippen LogP contribution in [-0.4, -0.2) is 11.1 Å². The van der Waals surface area contributed by atoms with E-state index in [0.29, 0.717) is 5.57 Å². The van der Waals surface area contributed by atoms with Gasteiger partial charge in [0.1, 0.15) is 0 Å². The van der Waals surface area contributed by atoms with E-state index in [1.807, 2.05) is 0 Å². The van der Waals surface area contributed by atoms with Crippen LogP contribution in [0.5, 0.6) is 0 Å². The zero-order chi connectivity index (χ0) is 12.2. The minimum Gasteiger partial charge on any atom is -0.478 e. The zero-order valence-corrected chi connectivity index (χ0v) is 10.8. The summed E-state index contributed by atoms with van der Waals surface area (Å²) in [6.45, 7) is 4.03. The molecule has 0 heterocycles. The normalized spacial score (nSPS) is 48.5. The first-order chi connectivity index (χ1) is 8.01. The molecule has 94 valence electrons. The van der Waals surface area contributed by atoms with Crippen molar-refractivity contribution in [3.05, 3.63) is 11.6 Å². The lowest BCUT2D eigenvalue weighted by atomic mass is 9.66. The fourth-order valence-corrected chi connectivity index (χ4v) is 5.21. The molecule has 2 nitrogen and oxygen atoms in total. The number of rotatable bonds is 2. The van der Waals surface area contributed by atoms with E-state index in [4.69, 9.17) is 5.11 Å². The van der Waals surface area contributed by atoms with Crippen molar-refractivity contribution in [2.24, 2.45) is 29.1 Å². The van der Waals surface area contributed by atoms with Crippen molar-refractivity contribution in [3.63, 3.8) is 0 Å². The van der Waals surface area contributed by atoms with Gasteiger partial charge in [-0.15, -0.1) is 0 Å². The van der Waals surface area contributed by atoms with Gasteiger partial charge in [-0.2, -0.15) is 0 Å². The molecule has 5 unspecified atom stereocenters. The maximum Gasteiger partial charge on any atom is 0.330 e. The Balaban J connectivity index is 1.87. The highest BCUT2D eigenvalue weighted by Crippen LogP contribution is 2.66. The Kier molecular flexibility index (Phi) is 2.39. The highest BCUT2D eigenvalue weighted by molar-refractivity contribution is 5.85. The third kappa shape index (κ3) is 1.56. The lowest BCUT2D eigenvalue weighted by Gasteiger charge is -2.38. The van der Waals surface area contributed by atoms with Gasteiger partial charge < -0.3 is 5.11 Å². The minimum absolute atomic E-state index is 0.165. The lowest BCUT2D eigenvalue weighted by Crippen LogP contribution is -2.32. The summed E-state index contributed by atoms with van der Waals surface area (Å²) in [4.78, 5) is 11.0. The fourth-order valence-electron chi connectivity index (χ4n) is 5.21. The molecule has 3 rings (SSSR count). The Morgan fingerprint density at radius 1 is 1.35 bits per heavy atom. The van der Waals surface area contributed by atoms with E-state index in [0.717, 1.165) is 23.7 Å². The number of hydrogen-bond acceptors (Lipinski definition) is 1. The van der Waals surface area contributed by atoms with Gasteiger partial charge in [-0.3, -0.25) is 0 Å². The fraction of sp³-hybridized carbons (Fsp3) is 0.800. The van der Waals surface area contributed by atoms with Gasteiger partial charge in [-0.1, -0.05) is 19.4 Å². The molecule has 0 saturated heterocycles. The van der Waals surface area contributed by atoms with Crippen molar-refractivity contribution in [2.45, 2.75) is 46.0 Å². The van der Waals surface area contributed by atoms with Gasteiger partial charge in [0.05, 0.1) is 0 Å². The molecule has 3 aliphatic carbocycles. The number of carboxylic acids is 1. The second-order valence-corrected chi connectivity index (χ2v) is 6.70. The van der Waals surface area contributed by atoms with Crippen molar-refractivity contribution in [1.82, 2.24) is 0 Å². The van der Waals surface area contributed by atoms with E-state index in [2.05, 4.69) is 13.0 Å². The summed E-state index contributed by atoms with van der Waals surface area (Å²) < 4.78 is 0. The molecule has 0 spiro atoms. The third-order valence-electron chi connectivity index (χ3n) is 5.74. The van der Waals surface area contributed by atoms with Crippen molar-refractivity contribution < 1.29 is 9.90 Å². The first-order valence-corrected chi connectivity index (χ1v) is 6.94. The predicted octanol–water partition coefficient (Wildman–Crippen LogP) is 3.48. The summed E-state index contributed by atoms with van der Waals surface area (Å²) in [7, 11) is 0. The van der Waals surface area contributed by atoms with Gasteiger partial charge in [-0.05, 0) is 61.7 Å². The van der Waals surface area contributed by atoms with Crippen molar-refractivity contribution in [1.29, 1.82) is 0 Å². The van der Waals surface area contributed by atoms with Gasteiger partial charge in [0.15, 0.2) is 0 Å². The van der Waals surface area contributed by atoms with Crippen LogP contribution in [0.4, 0.5) is 0 Å². The summed E-state index contributed by atoms with van der Waals surface area (Å²) in [6.07, 6.45) is 8.87. The molecule has 5 atom stereocenters. The summed E-state index contributed by atoms with van der Waals surface area (Å²) in [5, 5.41) is 9.05. The maximum atomic E-state index is 11.0. The van der Waals surface area contributed by atoms with Gasteiger partial charge in [-0.25, -0.2) is 4.79 Å². The average Bonchev–Trinajstić information content (AvgIpc) is 2.86. The third-order valence-corrected chi connectivity index (χ3v) is 5.74. The number of hydrogen-bond donors (Lipinski definition) is 1. The number of fused-ring (bicyclic) bond motifs is 5. The predicted molar refractivity (Wildman–Crippen MR) is 66.5 cm³/mol. The average molecular weight is 234 g/mol. The SMILES string of the molecule is CC(=CC1(C)CC2CC1C1CCCC21)C(=O)O. The molecule has 1 N–H and O–H groups in total. The van der Waals surface area contributed by atoms with Crippen LogP contribution in [0.3, 0.4) is 0 Å². The van der Waals surface area contributed by atoms with E-state index >= 15 is 0 Å². The molecule has 3 saturated carbocycles. The second kappa shape index (κ2) is 3.60. The molecule has 17 heavy (non-hydrogen) atoms. The first-order valence-electron chi connectivity index (χ1n) is 6.94. The van der Waals surface area contributed by atoms with Crippen molar-refractivity contribution in [2.75, 3.05) is 0 Å². The Morgan fingerprint density at radius 3 is 2.76 bits per heavy atom. The molecule has 0 aromatic carbocycles. The summed E-state index contributed by atoms with van der Waals surface area (Å²) in [5.74, 6) is 2.77. The Hall–Kier alpha value is -0.790. The van der Waals surface area contributed by atoms with Crippen LogP contribution in [0, 0.1) is 29.1 Å². The summed E-state index contributed by atoms with van der Waals surface area (Å²) in [5.41, 5.74) is 0.702. The van der Waals surface area contributed by atoms with Gasteiger partial charge in [0.25, 0.3) is 0 Å². The quantitative estimate of drug-likeness (QED) is 0.743. The maximum absolute atomic E-state index is 11.0. The van der Waals surface area contributed by atoms with E-state index in [9.17, 15) is 4.79 Å². The van der Waals surface area contributed by atoms with E-state index in [1.54, 1.807) is 6.92 Å². The smallest absolute Gasteiger partial charge is 0.330 e. The number of allylic oxidation sites excluding steroid dienone is 1. The van der Waals surface area contributed by atoms with Gasteiger partial charge >= 0.3 is 5.97 Å². The highest BCUT2D eigenvalue weighted by atomic mass is 16.4. The van der Waals surface area contributed by atoms with Gasteiger partial charge in [0, 0.05) is 5.57 Å². The van der Waals surface area contributed by atoms with E-state index in [-0.39, 0.29) is 5.41 Å². The van der Waals surface area contributed by atoms with Crippen molar-refractivity contribution in [3.8, 4) is 0 Å². The first kappa shape index (κ1) is 11.3. The zero-order valence-electron chi connectivity index (χ0n) is 10.8. The topological polar surface area (TPSA) is 37.3 Å². The van der Waals surface area contributed by atoms with Gasteiger partial charge in [0.2, 0.25) is 0 Å². The molecule has 0 amide bonds. The van der Waals surface area contributed by atoms with E-state index < -0.39 is 5.97 Å². The van der Waals surface area contributed by atoms with Crippen LogP contribution in [0.25, 0.3) is 0 Å². The summed E-state index contributed by atoms with van der Waals surface area (Å²) in [6, 6.07) is 0. The number of aliphatic carboxylic acids is 1. The highest BCUT2D eigenvalue weighted by Gasteiger charge is 2.57. The molecule has 0 aliphatic heterocycles. The van der Waals surface area contributed by atoms with Crippen LogP contribution in [0.15, 0.2) is 11.6 Å². The number of carboxylic acid groups (broad SMARTS) is 1. The molecule has 2 heteroatoms. The van der Waals surface area contributed by atoms with Crippen LogP contribution >= 0.6 is 0 Å². The molecule has 0 aromatic heterocycles. The molecule has 3 fully saturated rings. The molecule has 0 radical (unpaired) electrons. The Morgan fingerprint density at radius 2 is 2.06 bits per heavy atom.